The fourth-order valence-corrected chi connectivity index (χ4v) is 2.34. The van der Waals surface area contributed by atoms with Gasteiger partial charge in [-0.25, -0.2) is 4.79 Å². The van der Waals surface area contributed by atoms with Crippen LogP contribution in [-0.4, -0.2) is 9.96 Å². The average molecular weight is 236 g/mol. The molecule has 3 nitrogen and oxygen atoms in total. The van der Waals surface area contributed by atoms with Gasteiger partial charge in [0.1, 0.15) is 10.5 Å². The smallest absolute Gasteiger partial charge is 0.352 e. The van der Waals surface area contributed by atoms with E-state index in [2.05, 4.69) is 0 Å². The highest BCUT2D eigenvalue weighted by molar-refractivity contribution is 7.85. The minimum atomic E-state index is -1.27. The summed E-state index contributed by atoms with van der Waals surface area (Å²) in [6, 6.07) is 7.20. The molecule has 0 saturated carbocycles. The fourth-order valence-electron chi connectivity index (χ4n) is 1.54. The summed E-state index contributed by atoms with van der Waals surface area (Å²) in [5.41, 5.74) is 1.11. The molecule has 0 N–H and O–H groups in total. The van der Waals surface area contributed by atoms with Gasteiger partial charge < -0.3 is 4.42 Å². The molecular weight excluding hydrogens is 224 g/mol. The van der Waals surface area contributed by atoms with Crippen molar-refractivity contribution in [3.63, 3.8) is 0 Å². The summed E-state index contributed by atoms with van der Waals surface area (Å²) in [5, 5.41) is 0.816. The van der Waals surface area contributed by atoms with Crippen LogP contribution in [0.3, 0.4) is 0 Å². The van der Waals surface area contributed by atoms with Crippen LogP contribution in [0, 0.1) is 6.92 Å². The van der Waals surface area contributed by atoms with Crippen molar-refractivity contribution in [2.45, 2.75) is 18.7 Å². The zero-order valence-corrected chi connectivity index (χ0v) is 9.97. The first-order valence-electron chi connectivity index (χ1n) is 5.04. The topological polar surface area (TPSA) is 47.3 Å². The van der Waals surface area contributed by atoms with Crippen LogP contribution in [0.5, 0.6) is 0 Å². The van der Waals surface area contributed by atoms with E-state index in [0.717, 1.165) is 10.9 Å². The van der Waals surface area contributed by atoms with Crippen molar-refractivity contribution in [2.75, 3.05) is 5.75 Å². The Bertz CT molecular complexity index is 613. The van der Waals surface area contributed by atoms with Gasteiger partial charge in [0.25, 0.3) is 0 Å². The standard InChI is InChI=1S/C12H12O3S/c1-3-16(14)11-7-9-6-8(2)4-5-10(9)15-12(11)13/h4-7H,3H2,1-2H3. The van der Waals surface area contributed by atoms with E-state index in [4.69, 9.17) is 4.42 Å². The summed E-state index contributed by atoms with van der Waals surface area (Å²) in [7, 11) is -1.27. The van der Waals surface area contributed by atoms with E-state index in [1.807, 2.05) is 19.1 Å². The van der Waals surface area contributed by atoms with Gasteiger partial charge in [-0.1, -0.05) is 18.6 Å². The first-order valence-corrected chi connectivity index (χ1v) is 6.36. The molecule has 4 heteroatoms. The molecular formula is C12H12O3S. The average Bonchev–Trinajstić information content (AvgIpc) is 2.28. The largest absolute Gasteiger partial charge is 0.422 e. The van der Waals surface area contributed by atoms with Crippen molar-refractivity contribution in [3.05, 3.63) is 40.2 Å². The van der Waals surface area contributed by atoms with E-state index >= 15 is 0 Å². The monoisotopic (exact) mass is 236 g/mol. The van der Waals surface area contributed by atoms with Crippen LogP contribution in [0.2, 0.25) is 0 Å². The second kappa shape index (κ2) is 4.22. The lowest BCUT2D eigenvalue weighted by atomic mass is 10.2. The summed E-state index contributed by atoms with van der Waals surface area (Å²) in [6.45, 7) is 3.73. The molecule has 0 aliphatic heterocycles. The Labute approximate surface area is 95.5 Å². The van der Waals surface area contributed by atoms with Gasteiger partial charge in [0.15, 0.2) is 0 Å². The molecule has 0 bridgehead atoms. The van der Waals surface area contributed by atoms with Gasteiger partial charge in [-0.15, -0.1) is 0 Å². The molecule has 1 aromatic carbocycles. The number of fused-ring (bicyclic) bond motifs is 1. The molecule has 2 aromatic rings. The van der Waals surface area contributed by atoms with Gasteiger partial charge in [0.05, 0.1) is 10.8 Å². The maximum atomic E-state index is 11.6. The van der Waals surface area contributed by atoms with E-state index in [1.165, 1.54) is 0 Å². The molecule has 84 valence electrons. The van der Waals surface area contributed by atoms with E-state index in [1.54, 1.807) is 19.1 Å². The molecule has 0 amide bonds. The van der Waals surface area contributed by atoms with Crippen molar-refractivity contribution in [2.24, 2.45) is 0 Å². The van der Waals surface area contributed by atoms with Crippen LogP contribution in [0.4, 0.5) is 0 Å². The predicted molar refractivity (Wildman–Crippen MR) is 64.2 cm³/mol. The minimum absolute atomic E-state index is 0.251. The van der Waals surface area contributed by atoms with E-state index in [9.17, 15) is 9.00 Å². The second-order valence-electron chi connectivity index (χ2n) is 3.57. The van der Waals surface area contributed by atoms with Crippen LogP contribution in [0.25, 0.3) is 11.0 Å². The number of hydrogen-bond acceptors (Lipinski definition) is 3. The molecule has 1 atom stereocenters. The molecule has 0 radical (unpaired) electrons. The lowest BCUT2D eigenvalue weighted by molar-refractivity contribution is 0.541. The van der Waals surface area contributed by atoms with Gasteiger partial charge in [0, 0.05) is 11.1 Å². The van der Waals surface area contributed by atoms with E-state index in [-0.39, 0.29) is 4.90 Å². The molecule has 2 rings (SSSR count). The third-order valence-corrected chi connectivity index (χ3v) is 3.66. The van der Waals surface area contributed by atoms with Crippen LogP contribution >= 0.6 is 0 Å². The number of hydrogen-bond donors (Lipinski definition) is 0. The number of aryl methyl sites for hydroxylation is 1. The van der Waals surface area contributed by atoms with E-state index in [0.29, 0.717) is 11.3 Å². The molecule has 0 spiro atoms. The van der Waals surface area contributed by atoms with Crippen LogP contribution < -0.4 is 5.63 Å². The first kappa shape index (κ1) is 11.1. The van der Waals surface area contributed by atoms with E-state index < -0.39 is 16.4 Å². The highest BCUT2D eigenvalue weighted by Gasteiger charge is 2.10. The zero-order chi connectivity index (χ0) is 11.7. The van der Waals surface area contributed by atoms with Crippen LogP contribution in [0.1, 0.15) is 12.5 Å². The summed E-state index contributed by atoms with van der Waals surface area (Å²) in [6.07, 6.45) is 0. The number of benzene rings is 1. The third-order valence-electron chi connectivity index (χ3n) is 2.36. The summed E-state index contributed by atoms with van der Waals surface area (Å²) in [5.74, 6) is 0.419. The molecule has 1 aromatic heterocycles. The van der Waals surface area contributed by atoms with Gasteiger partial charge in [-0.05, 0) is 25.1 Å². The minimum Gasteiger partial charge on any atom is -0.422 e. The highest BCUT2D eigenvalue weighted by atomic mass is 32.2. The van der Waals surface area contributed by atoms with Gasteiger partial charge in [-0.2, -0.15) is 0 Å². The zero-order valence-electron chi connectivity index (χ0n) is 9.15. The predicted octanol–water partition coefficient (Wildman–Crippen LogP) is 2.23. The van der Waals surface area contributed by atoms with Crippen molar-refractivity contribution >= 4 is 21.8 Å². The molecule has 1 unspecified atom stereocenters. The van der Waals surface area contributed by atoms with Gasteiger partial charge in [-0.3, -0.25) is 4.21 Å². The lowest BCUT2D eigenvalue weighted by Gasteiger charge is -2.01. The quantitative estimate of drug-likeness (QED) is 0.751. The Balaban J connectivity index is 2.74. The van der Waals surface area contributed by atoms with Crippen molar-refractivity contribution in [3.8, 4) is 0 Å². The Kier molecular flexibility index (Phi) is 2.92. The van der Waals surface area contributed by atoms with Crippen LogP contribution in [0.15, 0.2) is 38.4 Å². The molecule has 0 aliphatic rings. The van der Waals surface area contributed by atoms with Crippen LogP contribution in [-0.2, 0) is 10.8 Å². The third kappa shape index (κ3) is 1.93. The molecule has 0 fully saturated rings. The summed E-state index contributed by atoms with van der Waals surface area (Å²) in [4.78, 5) is 11.8. The fraction of sp³-hybridized carbons (Fsp3) is 0.250. The van der Waals surface area contributed by atoms with Gasteiger partial charge >= 0.3 is 5.63 Å². The lowest BCUT2D eigenvalue weighted by Crippen LogP contribution is -2.10. The maximum Gasteiger partial charge on any atom is 0.352 e. The Morgan fingerprint density at radius 1 is 1.31 bits per heavy atom. The molecule has 0 saturated heterocycles. The normalized spacial score (nSPS) is 12.9. The highest BCUT2D eigenvalue weighted by Crippen LogP contribution is 2.16. The maximum absolute atomic E-state index is 11.6. The van der Waals surface area contributed by atoms with Crippen molar-refractivity contribution in [1.82, 2.24) is 0 Å². The van der Waals surface area contributed by atoms with Crippen molar-refractivity contribution < 1.29 is 8.63 Å². The Hall–Kier alpha value is -1.42. The Morgan fingerprint density at radius 2 is 2.06 bits per heavy atom. The molecule has 1 heterocycles. The summed E-state index contributed by atoms with van der Waals surface area (Å²) >= 11 is 0. The first-order chi connectivity index (χ1) is 7.61. The molecule has 16 heavy (non-hydrogen) atoms. The SMILES string of the molecule is CCS(=O)c1cc2cc(C)ccc2oc1=O. The second-order valence-corrected chi connectivity index (χ2v) is 5.28. The van der Waals surface area contributed by atoms with Gasteiger partial charge in [0.2, 0.25) is 0 Å². The Morgan fingerprint density at radius 3 is 2.75 bits per heavy atom. The number of rotatable bonds is 2. The molecule has 0 aliphatic carbocycles. The summed E-state index contributed by atoms with van der Waals surface area (Å²) < 4.78 is 16.7. The van der Waals surface area contributed by atoms with Crippen molar-refractivity contribution in [1.29, 1.82) is 0 Å².